The van der Waals surface area contributed by atoms with E-state index in [9.17, 15) is 9.59 Å². The quantitative estimate of drug-likeness (QED) is 0.780. The summed E-state index contributed by atoms with van der Waals surface area (Å²) in [5.74, 6) is -0.0846. The Morgan fingerprint density at radius 1 is 1.11 bits per heavy atom. The van der Waals surface area contributed by atoms with Crippen molar-refractivity contribution in [1.82, 2.24) is 19.4 Å². The molecule has 2 aromatic rings. The fraction of sp³-hybridized carbons (Fsp3) is 0.476. The van der Waals surface area contributed by atoms with E-state index in [-0.39, 0.29) is 24.6 Å². The molecule has 0 aliphatic carbocycles. The highest BCUT2D eigenvalue weighted by molar-refractivity contribution is 5.76. The van der Waals surface area contributed by atoms with Gasteiger partial charge in [-0.2, -0.15) is 0 Å². The summed E-state index contributed by atoms with van der Waals surface area (Å²) in [7, 11) is 0. The zero-order chi connectivity index (χ0) is 19.3. The van der Waals surface area contributed by atoms with Crippen LogP contribution in [-0.2, 0) is 16.1 Å². The van der Waals surface area contributed by atoms with Gasteiger partial charge in [-0.1, -0.05) is 30.3 Å². The molecule has 2 aliphatic rings. The molecule has 148 valence electrons. The molecule has 1 aromatic heterocycles. The summed E-state index contributed by atoms with van der Waals surface area (Å²) in [5.41, 5.74) is 0.660. The lowest BCUT2D eigenvalue weighted by Crippen LogP contribution is -2.52. The first-order valence-corrected chi connectivity index (χ1v) is 9.92. The second kappa shape index (κ2) is 8.67. The number of morpholine rings is 1. The molecule has 2 saturated heterocycles. The summed E-state index contributed by atoms with van der Waals surface area (Å²) in [4.78, 5) is 33.1. The van der Waals surface area contributed by atoms with Crippen LogP contribution in [0.25, 0.3) is 0 Å². The van der Waals surface area contributed by atoms with Gasteiger partial charge in [-0.25, -0.2) is 9.78 Å². The average Bonchev–Trinajstić information content (AvgIpc) is 3.23. The van der Waals surface area contributed by atoms with Crippen molar-refractivity contribution in [3.05, 3.63) is 64.8 Å². The first kappa shape index (κ1) is 18.8. The van der Waals surface area contributed by atoms with E-state index in [0.29, 0.717) is 13.2 Å². The summed E-state index contributed by atoms with van der Waals surface area (Å²) in [6.45, 7) is 4.00. The Labute approximate surface area is 164 Å². The molecule has 0 spiro atoms. The summed E-state index contributed by atoms with van der Waals surface area (Å²) < 4.78 is 7.50. The van der Waals surface area contributed by atoms with Gasteiger partial charge in [0.15, 0.2) is 0 Å². The molecule has 7 nitrogen and oxygen atoms in total. The van der Waals surface area contributed by atoms with Crippen molar-refractivity contribution in [2.45, 2.75) is 31.5 Å². The van der Waals surface area contributed by atoms with Crippen LogP contribution in [0.4, 0.5) is 0 Å². The second-order valence-electron chi connectivity index (χ2n) is 7.39. The number of hydrogen-bond acceptors (Lipinski definition) is 5. The van der Waals surface area contributed by atoms with Crippen molar-refractivity contribution in [3.63, 3.8) is 0 Å². The molecule has 3 heterocycles. The normalized spacial score (nSPS) is 23.1. The summed E-state index contributed by atoms with van der Waals surface area (Å²) >= 11 is 0. The van der Waals surface area contributed by atoms with Crippen LogP contribution in [0, 0.1) is 0 Å². The zero-order valence-corrected chi connectivity index (χ0v) is 15.9. The standard InChI is InChI=1S/C21H26N4O3/c26-19(16-24-12-6-9-22-21(24)27)25-13-14-28-18(15-23-10-4-5-11-23)20(25)17-7-2-1-3-8-17/h1-3,6-9,12,18,20H,4-5,10-11,13-16H2/t18-,20-/m0/s1. The van der Waals surface area contributed by atoms with Crippen molar-refractivity contribution >= 4 is 5.91 Å². The van der Waals surface area contributed by atoms with Crippen molar-refractivity contribution < 1.29 is 9.53 Å². The average molecular weight is 382 g/mol. The van der Waals surface area contributed by atoms with E-state index in [4.69, 9.17) is 4.74 Å². The molecule has 28 heavy (non-hydrogen) atoms. The van der Waals surface area contributed by atoms with E-state index in [2.05, 4.69) is 9.88 Å². The largest absolute Gasteiger partial charge is 0.373 e. The molecule has 0 radical (unpaired) electrons. The van der Waals surface area contributed by atoms with Crippen LogP contribution in [0.3, 0.4) is 0 Å². The molecule has 0 unspecified atom stereocenters. The molecular formula is C21H26N4O3. The van der Waals surface area contributed by atoms with E-state index >= 15 is 0 Å². The number of rotatable bonds is 5. The maximum Gasteiger partial charge on any atom is 0.347 e. The van der Waals surface area contributed by atoms with Crippen molar-refractivity contribution in [2.24, 2.45) is 0 Å². The predicted molar refractivity (Wildman–Crippen MR) is 105 cm³/mol. The van der Waals surface area contributed by atoms with Gasteiger partial charge >= 0.3 is 5.69 Å². The number of carbonyl (C=O) groups is 1. The number of amides is 1. The lowest BCUT2D eigenvalue weighted by molar-refractivity contribution is -0.149. The third-order valence-electron chi connectivity index (χ3n) is 5.54. The molecular weight excluding hydrogens is 356 g/mol. The molecule has 0 saturated carbocycles. The number of carbonyl (C=O) groups excluding carboxylic acids is 1. The third-order valence-corrected chi connectivity index (χ3v) is 5.54. The number of hydrogen-bond donors (Lipinski definition) is 0. The topological polar surface area (TPSA) is 67.7 Å². The summed E-state index contributed by atoms with van der Waals surface area (Å²) in [6, 6.07) is 11.6. The number of nitrogens with zero attached hydrogens (tertiary/aromatic N) is 4. The Morgan fingerprint density at radius 2 is 1.89 bits per heavy atom. The van der Waals surface area contributed by atoms with Gasteiger partial charge in [0.1, 0.15) is 6.54 Å². The minimum absolute atomic E-state index is 0.00750. The molecule has 2 fully saturated rings. The van der Waals surface area contributed by atoms with Gasteiger partial charge in [-0.3, -0.25) is 9.36 Å². The molecule has 1 aromatic carbocycles. The number of aromatic nitrogens is 2. The lowest BCUT2D eigenvalue weighted by atomic mass is 9.97. The first-order valence-electron chi connectivity index (χ1n) is 9.92. The number of benzene rings is 1. The van der Waals surface area contributed by atoms with Crippen LogP contribution < -0.4 is 5.69 Å². The first-order chi connectivity index (χ1) is 13.7. The number of ether oxygens (including phenoxy) is 1. The second-order valence-corrected chi connectivity index (χ2v) is 7.39. The minimum atomic E-state index is -0.408. The number of likely N-dealkylation sites (tertiary alicyclic amines) is 1. The smallest absolute Gasteiger partial charge is 0.347 e. The van der Waals surface area contributed by atoms with Gasteiger partial charge < -0.3 is 14.5 Å². The van der Waals surface area contributed by atoms with Crippen LogP contribution >= 0.6 is 0 Å². The Hall–Kier alpha value is -2.51. The Balaban J connectivity index is 1.59. The highest BCUT2D eigenvalue weighted by Gasteiger charge is 2.37. The van der Waals surface area contributed by atoms with E-state index < -0.39 is 5.69 Å². The molecule has 4 rings (SSSR count). The van der Waals surface area contributed by atoms with Crippen LogP contribution in [0.15, 0.2) is 53.6 Å². The molecule has 0 bridgehead atoms. The van der Waals surface area contributed by atoms with E-state index in [0.717, 1.165) is 25.2 Å². The summed E-state index contributed by atoms with van der Waals surface area (Å²) in [6.07, 6.45) is 5.40. The van der Waals surface area contributed by atoms with Gasteiger partial charge in [-0.05, 0) is 37.6 Å². The van der Waals surface area contributed by atoms with Crippen molar-refractivity contribution in [3.8, 4) is 0 Å². The maximum atomic E-state index is 13.2. The van der Waals surface area contributed by atoms with Crippen LogP contribution in [-0.4, -0.2) is 64.1 Å². The van der Waals surface area contributed by atoms with Gasteiger partial charge in [0.2, 0.25) is 5.91 Å². The van der Waals surface area contributed by atoms with Crippen LogP contribution in [0.2, 0.25) is 0 Å². The van der Waals surface area contributed by atoms with Crippen LogP contribution in [0.5, 0.6) is 0 Å². The summed E-state index contributed by atoms with van der Waals surface area (Å²) in [5, 5.41) is 0. The monoisotopic (exact) mass is 382 g/mol. The fourth-order valence-corrected chi connectivity index (χ4v) is 4.17. The fourth-order valence-electron chi connectivity index (χ4n) is 4.17. The van der Waals surface area contributed by atoms with E-state index in [1.165, 1.54) is 23.6 Å². The Kier molecular flexibility index (Phi) is 5.83. The highest BCUT2D eigenvalue weighted by atomic mass is 16.5. The predicted octanol–water partition coefficient (Wildman–Crippen LogP) is 1.31. The Morgan fingerprint density at radius 3 is 2.64 bits per heavy atom. The van der Waals surface area contributed by atoms with Crippen LogP contribution in [0.1, 0.15) is 24.4 Å². The van der Waals surface area contributed by atoms with Crippen molar-refractivity contribution in [2.75, 3.05) is 32.8 Å². The van der Waals surface area contributed by atoms with Gasteiger partial charge in [0.05, 0.1) is 18.8 Å². The molecule has 7 heteroatoms. The minimum Gasteiger partial charge on any atom is -0.373 e. The SMILES string of the molecule is O=C(Cn1cccnc1=O)N1CCO[C@@H](CN2CCCC2)[C@@H]1c1ccccc1. The molecule has 2 atom stereocenters. The highest BCUT2D eigenvalue weighted by Crippen LogP contribution is 2.31. The Bertz CT molecular complexity index is 848. The molecule has 2 aliphatic heterocycles. The van der Waals surface area contributed by atoms with Gasteiger partial charge in [0.25, 0.3) is 0 Å². The third kappa shape index (κ3) is 4.15. The van der Waals surface area contributed by atoms with Gasteiger partial charge in [-0.15, -0.1) is 0 Å². The van der Waals surface area contributed by atoms with Gasteiger partial charge in [0, 0.05) is 25.5 Å². The molecule has 0 N–H and O–H groups in total. The molecule has 1 amide bonds. The van der Waals surface area contributed by atoms with Crippen molar-refractivity contribution in [1.29, 1.82) is 0 Å². The van der Waals surface area contributed by atoms with E-state index in [1.807, 2.05) is 35.2 Å². The maximum absolute atomic E-state index is 13.2. The zero-order valence-electron chi connectivity index (χ0n) is 15.9. The van der Waals surface area contributed by atoms with E-state index in [1.54, 1.807) is 12.3 Å². The lowest BCUT2D eigenvalue weighted by Gasteiger charge is -2.42.